The molecule has 62 valence electrons. The predicted octanol–water partition coefficient (Wildman–Crippen LogP) is 3.87. The predicted molar refractivity (Wildman–Crippen MR) is 52.6 cm³/mol. The minimum Gasteiger partial charge on any atom is -0.0958 e. The van der Waals surface area contributed by atoms with Gasteiger partial charge in [-0.05, 0) is 19.8 Å². The molecule has 0 aliphatic carbocycles. The zero-order valence-corrected chi connectivity index (χ0v) is 7.85. The van der Waals surface area contributed by atoms with Crippen LogP contribution in [0.1, 0.15) is 33.6 Å². The van der Waals surface area contributed by atoms with Crippen LogP contribution < -0.4 is 0 Å². The summed E-state index contributed by atoms with van der Waals surface area (Å²) in [6, 6.07) is 0. The van der Waals surface area contributed by atoms with Crippen LogP contribution in [0.5, 0.6) is 0 Å². The third-order valence-electron chi connectivity index (χ3n) is 1.72. The van der Waals surface area contributed by atoms with Crippen molar-refractivity contribution in [1.82, 2.24) is 0 Å². The van der Waals surface area contributed by atoms with Crippen LogP contribution >= 0.6 is 0 Å². The van der Waals surface area contributed by atoms with Gasteiger partial charge in [-0.3, -0.25) is 0 Å². The Kier molecular flexibility index (Phi) is 5.54. The molecule has 0 N–H and O–H groups in total. The van der Waals surface area contributed by atoms with Crippen LogP contribution in [0.15, 0.2) is 36.0 Å². The molecule has 0 aromatic rings. The Morgan fingerprint density at radius 2 is 1.91 bits per heavy atom. The number of hydrogen-bond acceptors (Lipinski definition) is 0. The van der Waals surface area contributed by atoms with Crippen LogP contribution in [0.3, 0.4) is 0 Å². The summed E-state index contributed by atoms with van der Waals surface area (Å²) >= 11 is 0. The molecule has 0 spiro atoms. The molecule has 0 nitrogen and oxygen atoms in total. The van der Waals surface area contributed by atoms with Gasteiger partial charge in [0.1, 0.15) is 0 Å². The van der Waals surface area contributed by atoms with Gasteiger partial charge in [-0.2, -0.15) is 0 Å². The molecule has 0 amide bonds. The van der Waals surface area contributed by atoms with Gasteiger partial charge >= 0.3 is 0 Å². The molecular weight excluding hydrogens is 132 g/mol. The minimum absolute atomic E-state index is 1.04. The van der Waals surface area contributed by atoms with Crippen molar-refractivity contribution in [3.8, 4) is 0 Å². The van der Waals surface area contributed by atoms with E-state index >= 15 is 0 Å². The summed E-state index contributed by atoms with van der Waals surface area (Å²) in [4.78, 5) is 0. The summed E-state index contributed by atoms with van der Waals surface area (Å²) in [6.07, 6.45) is 8.45. The Bertz CT molecular complexity index is 170. The molecule has 0 saturated heterocycles. The van der Waals surface area contributed by atoms with Gasteiger partial charge in [0.15, 0.2) is 0 Å². The van der Waals surface area contributed by atoms with E-state index in [0.29, 0.717) is 0 Å². The minimum atomic E-state index is 1.04. The van der Waals surface area contributed by atoms with Crippen molar-refractivity contribution < 1.29 is 0 Å². The largest absolute Gasteiger partial charge is 0.0958 e. The standard InChI is InChI=1S/C11H18/c1-5-10(3)8-7-9-11(4)6-2/h7-9H,3,5-6H2,1-2,4H3. The summed E-state index contributed by atoms with van der Waals surface area (Å²) in [5.74, 6) is 0. The molecule has 0 heteroatoms. The van der Waals surface area contributed by atoms with Gasteiger partial charge in [0.05, 0.1) is 0 Å². The Morgan fingerprint density at radius 3 is 2.36 bits per heavy atom. The lowest BCUT2D eigenvalue weighted by Gasteiger charge is -1.91. The highest BCUT2D eigenvalue weighted by molar-refractivity contribution is 5.20. The molecule has 0 radical (unpaired) electrons. The zero-order chi connectivity index (χ0) is 8.69. The first kappa shape index (κ1) is 10.2. The highest BCUT2D eigenvalue weighted by Gasteiger charge is 1.80. The van der Waals surface area contributed by atoms with Crippen LogP contribution in [-0.2, 0) is 0 Å². The highest BCUT2D eigenvalue weighted by atomic mass is 13.9. The van der Waals surface area contributed by atoms with E-state index in [0.717, 1.165) is 12.8 Å². The molecule has 0 rings (SSSR count). The lowest BCUT2D eigenvalue weighted by molar-refractivity contribution is 1.10. The van der Waals surface area contributed by atoms with Crippen LogP contribution in [0.4, 0.5) is 0 Å². The summed E-state index contributed by atoms with van der Waals surface area (Å²) in [5.41, 5.74) is 2.59. The second-order valence-corrected chi connectivity index (χ2v) is 2.74. The third kappa shape index (κ3) is 5.65. The van der Waals surface area contributed by atoms with Crippen molar-refractivity contribution in [1.29, 1.82) is 0 Å². The molecule has 0 atom stereocenters. The topological polar surface area (TPSA) is 0 Å². The summed E-state index contributed by atoms with van der Waals surface area (Å²) in [6.45, 7) is 10.3. The Labute approximate surface area is 70.3 Å². The second kappa shape index (κ2) is 5.96. The van der Waals surface area contributed by atoms with Gasteiger partial charge in [0.2, 0.25) is 0 Å². The van der Waals surface area contributed by atoms with Crippen molar-refractivity contribution >= 4 is 0 Å². The van der Waals surface area contributed by atoms with E-state index in [9.17, 15) is 0 Å². The highest BCUT2D eigenvalue weighted by Crippen LogP contribution is 2.01. The van der Waals surface area contributed by atoms with Crippen molar-refractivity contribution in [2.24, 2.45) is 0 Å². The first-order chi connectivity index (χ1) is 5.20. The zero-order valence-electron chi connectivity index (χ0n) is 7.85. The normalized spacial score (nSPS) is 12.5. The van der Waals surface area contributed by atoms with Crippen LogP contribution in [-0.4, -0.2) is 0 Å². The van der Waals surface area contributed by atoms with Gasteiger partial charge in [0.25, 0.3) is 0 Å². The van der Waals surface area contributed by atoms with Crippen LogP contribution in [0, 0.1) is 0 Å². The molecule has 0 fully saturated rings. The lowest BCUT2D eigenvalue weighted by Crippen LogP contribution is -1.70. The van der Waals surface area contributed by atoms with Gasteiger partial charge in [-0.25, -0.2) is 0 Å². The monoisotopic (exact) mass is 150 g/mol. The molecule has 11 heavy (non-hydrogen) atoms. The van der Waals surface area contributed by atoms with E-state index in [2.05, 4.69) is 45.6 Å². The van der Waals surface area contributed by atoms with Crippen molar-refractivity contribution in [2.75, 3.05) is 0 Å². The Hall–Kier alpha value is -0.780. The molecule has 0 heterocycles. The third-order valence-corrected chi connectivity index (χ3v) is 1.72. The quantitative estimate of drug-likeness (QED) is 0.534. The fraction of sp³-hybridized carbons (Fsp3) is 0.455. The summed E-state index contributed by atoms with van der Waals surface area (Å²) in [7, 11) is 0. The maximum atomic E-state index is 3.88. The molecular formula is C11H18. The van der Waals surface area contributed by atoms with E-state index in [-0.39, 0.29) is 0 Å². The van der Waals surface area contributed by atoms with E-state index in [1.807, 2.05) is 0 Å². The molecule has 0 aromatic carbocycles. The van der Waals surface area contributed by atoms with Crippen LogP contribution in [0.2, 0.25) is 0 Å². The molecule has 0 saturated carbocycles. The fourth-order valence-electron chi connectivity index (χ4n) is 0.584. The average Bonchev–Trinajstić information content (AvgIpc) is 2.04. The van der Waals surface area contributed by atoms with Gasteiger partial charge in [-0.1, -0.05) is 49.8 Å². The van der Waals surface area contributed by atoms with Crippen molar-refractivity contribution in [2.45, 2.75) is 33.6 Å². The molecule has 0 aliphatic heterocycles. The van der Waals surface area contributed by atoms with Gasteiger partial charge < -0.3 is 0 Å². The maximum absolute atomic E-state index is 3.88. The van der Waals surface area contributed by atoms with E-state index < -0.39 is 0 Å². The second-order valence-electron chi connectivity index (χ2n) is 2.74. The Balaban J connectivity index is 3.85. The first-order valence-corrected chi connectivity index (χ1v) is 4.22. The molecule has 0 aromatic heterocycles. The van der Waals surface area contributed by atoms with Crippen molar-refractivity contribution in [3.63, 3.8) is 0 Å². The van der Waals surface area contributed by atoms with Crippen molar-refractivity contribution in [3.05, 3.63) is 36.0 Å². The summed E-state index contributed by atoms with van der Waals surface area (Å²) < 4.78 is 0. The van der Waals surface area contributed by atoms with Gasteiger partial charge in [-0.15, -0.1) is 0 Å². The average molecular weight is 150 g/mol. The fourth-order valence-corrected chi connectivity index (χ4v) is 0.584. The number of hydrogen-bond donors (Lipinski definition) is 0. The smallest absolute Gasteiger partial charge is 0.0313 e. The molecule has 0 unspecified atom stereocenters. The van der Waals surface area contributed by atoms with E-state index in [1.54, 1.807) is 0 Å². The van der Waals surface area contributed by atoms with Crippen LogP contribution in [0.25, 0.3) is 0 Å². The first-order valence-electron chi connectivity index (χ1n) is 4.22. The van der Waals surface area contributed by atoms with Gasteiger partial charge in [0, 0.05) is 0 Å². The molecule has 0 bridgehead atoms. The lowest BCUT2D eigenvalue weighted by atomic mass is 10.2. The number of rotatable bonds is 4. The van der Waals surface area contributed by atoms with E-state index in [4.69, 9.17) is 0 Å². The maximum Gasteiger partial charge on any atom is -0.0313 e. The SMILES string of the molecule is C=C(C=CC=C(C)CC)CC. The number of allylic oxidation sites excluding steroid dienone is 5. The Morgan fingerprint density at radius 1 is 1.27 bits per heavy atom. The summed E-state index contributed by atoms with van der Waals surface area (Å²) in [5, 5.41) is 0. The molecule has 0 aliphatic rings. The van der Waals surface area contributed by atoms with E-state index in [1.165, 1.54) is 11.1 Å².